The number of carbonyl (C=O) groups is 1. The molecule has 0 radical (unpaired) electrons. The summed E-state index contributed by atoms with van der Waals surface area (Å²) in [4.78, 5) is 16.9. The number of hydrogen-bond donors (Lipinski definition) is 1. The second-order valence-electron chi connectivity index (χ2n) is 5.45. The smallest absolute Gasteiger partial charge is 0.260 e. The third-order valence-electron chi connectivity index (χ3n) is 4.04. The summed E-state index contributed by atoms with van der Waals surface area (Å²) >= 11 is 0. The third-order valence-corrected chi connectivity index (χ3v) is 4.04. The molecule has 1 fully saturated rings. The van der Waals surface area contributed by atoms with Crippen molar-refractivity contribution in [2.75, 3.05) is 43.0 Å². The van der Waals surface area contributed by atoms with Crippen molar-refractivity contribution in [3.8, 4) is 0 Å². The minimum absolute atomic E-state index is 0.0281. The van der Waals surface area contributed by atoms with Gasteiger partial charge in [0, 0.05) is 44.6 Å². The SMILES string of the molecule is CN(C(=O)c1ccccc1N1CCNCC1)c1ccccc1. The third kappa shape index (κ3) is 2.97. The molecule has 4 nitrogen and oxygen atoms in total. The maximum Gasteiger partial charge on any atom is 0.260 e. The predicted molar refractivity (Wildman–Crippen MR) is 90.7 cm³/mol. The zero-order valence-electron chi connectivity index (χ0n) is 12.8. The van der Waals surface area contributed by atoms with Gasteiger partial charge in [-0.2, -0.15) is 0 Å². The highest BCUT2D eigenvalue weighted by Gasteiger charge is 2.20. The topological polar surface area (TPSA) is 35.6 Å². The van der Waals surface area contributed by atoms with E-state index in [1.54, 1.807) is 4.90 Å². The molecule has 1 aliphatic heterocycles. The van der Waals surface area contributed by atoms with Crippen molar-refractivity contribution in [3.05, 3.63) is 60.2 Å². The monoisotopic (exact) mass is 295 g/mol. The highest BCUT2D eigenvalue weighted by Crippen LogP contribution is 2.24. The van der Waals surface area contributed by atoms with Crippen LogP contribution in [0.5, 0.6) is 0 Å². The average Bonchev–Trinajstić information content (AvgIpc) is 2.62. The largest absolute Gasteiger partial charge is 0.368 e. The molecule has 0 saturated carbocycles. The molecular formula is C18H21N3O. The fraction of sp³-hybridized carbons (Fsp3) is 0.278. The van der Waals surface area contributed by atoms with Crippen LogP contribution >= 0.6 is 0 Å². The maximum absolute atomic E-state index is 12.9. The first kappa shape index (κ1) is 14.6. The van der Waals surface area contributed by atoms with Gasteiger partial charge in [-0.25, -0.2) is 0 Å². The standard InChI is InChI=1S/C18H21N3O/c1-20(15-7-3-2-4-8-15)18(22)16-9-5-6-10-17(16)21-13-11-19-12-14-21/h2-10,19H,11-14H2,1H3. The second kappa shape index (κ2) is 6.62. The fourth-order valence-corrected chi connectivity index (χ4v) is 2.79. The van der Waals surface area contributed by atoms with E-state index in [-0.39, 0.29) is 5.91 Å². The summed E-state index contributed by atoms with van der Waals surface area (Å²) < 4.78 is 0. The summed E-state index contributed by atoms with van der Waals surface area (Å²) in [5, 5.41) is 3.34. The Hall–Kier alpha value is -2.33. The Bertz CT molecular complexity index is 636. The van der Waals surface area contributed by atoms with Gasteiger partial charge in [0.05, 0.1) is 5.56 Å². The van der Waals surface area contributed by atoms with E-state index in [4.69, 9.17) is 0 Å². The maximum atomic E-state index is 12.9. The van der Waals surface area contributed by atoms with Crippen molar-refractivity contribution in [1.82, 2.24) is 5.32 Å². The van der Waals surface area contributed by atoms with Crippen LogP contribution in [0.2, 0.25) is 0 Å². The number of anilines is 2. The summed E-state index contributed by atoms with van der Waals surface area (Å²) in [6, 6.07) is 17.6. The first-order chi connectivity index (χ1) is 10.8. The van der Waals surface area contributed by atoms with Crippen molar-refractivity contribution in [2.24, 2.45) is 0 Å². The lowest BCUT2D eigenvalue weighted by Gasteiger charge is -2.31. The lowest BCUT2D eigenvalue weighted by molar-refractivity contribution is 0.0993. The summed E-state index contributed by atoms with van der Waals surface area (Å²) in [6.07, 6.45) is 0. The van der Waals surface area contributed by atoms with E-state index in [1.807, 2.05) is 61.6 Å². The molecule has 1 amide bonds. The van der Waals surface area contributed by atoms with Gasteiger partial charge in [-0.15, -0.1) is 0 Å². The zero-order valence-corrected chi connectivity index (χ0v) is 12.8. The van der Waals surface area contributed by atoms with Gasteiger partial charge in [-0.1, -0.05) is 30.3 Å². The van der Waals surface area contributed by atoms with Gasteiger partial charge < -0.3 is 15.1 Å². The number of nitrogens with zero attached hydrogens (tertiary/aromatic N) is 2. The molecule has 3 rings (SSSR count). The molecule has 0 unspecified atom stereocenters. The number of rotatable bonds is 3. The molecule has 1 N–H and O–H groups in total. The van der Waals surface area contributed by atoms with Crippen molar-refractivity contribution < 1.29 is 4.79 Å². The molecule has 2 aromatic rings. The Labute approximate surface area is 131 Å². The summed E-state index contributed by atoms with van der Waals surface area (Å²) in [7, 11) is 1.83. The van der Waals surface area contributed by atoms with E-state index < -0.39 is 0 Å². The van der Waals surface area contributed by atoms with Crippen LogP contribution in [-0.4, -0.2) is 39.1 Å². The molecule has 1 aliphatic rings. The Morgan fingerprint density at radius 1 is 1.00 bits per heavy atom. The molecule has 2 aromatic carbocycles. The molecule has 22 heavy (non-hydrogen) atoms. The van der Waals surface area contributed by atoms with Crippen LogP contribution in [0.3, 0.4) is 0 Å². The molecule has 0 bridgehead atoms. The lowest BCUT2D eigenvalue weighted by Crippen LogP contribution is -2.44. The molecule has 114 valence electrons. The van der Waals surface area contributed by atoms with Crippen LogP contribution in [0.1, 0.15) is 10.4 Å². The van der Waals surface area contributed by atoms with Gasteiger partial charge in [-0.05, 0) is 24.3 Å². The highest BCUT2D eigenvalue weighted by atomic mass is 16.2. The normalized spacial score (nSPS) is 14.7. The molecule has 4 heteroatoms. The summed E-state index contributed by atoms with van der Waals surface area (Å²) in [5.41, 5.74) is 2.69. The van der Waals surface area contributed by atoms with Crippen LogP contribution in [0.25, 0.3) is 0 Å². The average molecular weight is 295 g/mol. The van der Waals surface area contributed by atoms with Gasteiger partial charge >= 0.3 is 0 Å². The van der Waals surface area contributed by atoms with E-state index in [1.165, 1.54) is 0 Å². The zero-order chi connectivity index (χ0) is 15.4. The highest BCUT2D eigenvalue weighted by molar-refractivity contribution is 6.09. The van der Waals surface area contributed by atoms with Crippen LogP contribution in [0.4, 0.5) is 11.4 Å². The van der Waals surface area contributed by atoms with E-state index >= 15 is 0 Å². The number of amides is 1. The van der Waals surface area contributed by atoms with Gasteiger partial charge in [0.2, 0.25) is 0 Å². The van der Waals surface area contributed by atoms with E-state index in [9.17, 15) is 4.79 Å². The van der Waals surface area contributed by atoms with Gasteiger partial charge in [0.15, 0.2) is 0 Å². The number of nitrogens with one attached hydrogen (secondary N) is 1. The minimum atomic E-state index is 0.0281. The van der Waals surface area contributed by atoms with Gasteiger partial charge in [0.1, 0.15) is 0 Å². The van der Waals surface area contributed by atoms with Crippen LogP contribution in [-0.2, 0) is 0 Å². The Morgan fingerprint density at radius 3 is 2.36 bits per heavy atom. The molecule has 0 aliphatic carbocycles. The quantitative estimate of drug-likeness (QED) is 0.944. The number of piperazine rings is 1. The van der Waals surface area contributed by atoms with E-state index in [2.05, 4.69) is 10.2 Å². The van der Waals surface area contributed by atoms with Gasteiger partial charge in [-0.3, -0.25) is 4.79 Å². The van der Waals surface area contributed by atoms with E-state index in [0.717, 1.165) is 43.1 Å². The summed E-state index contributed by atoms with van der Waals surface area (Å²) in [5.74, 6) is 0.0281. The van der Waals surface area contributed by atoms with Crippen molar-refractivity contribution >= 4 is 17.3 Å². The van der Waals surface area contributed by atoms with Crippen molar-refractivity contribution in [1.29, 1.82) is 0 Å². The lowest BCUT2D eigenvalue weighted by atomic mass is 10.1. The van der Waals surface area contributed by atoms with Crippen molar-refractivity contribution in [2.45, 2.75) is 0 Å². The number of para-hydroxylation sites is 2. The van der Waals surface area contributed by atoms with Crippen LogP contribution < -0.4 is 15.1 Å². The number of carbonyl (C=O) groups excluding carboxylic acids is 1. The first-order valence-corrected chi connectivity index (χ1v) is 7.65. The molecule has 0 spiro atoms. The van der Waals surface area contributed by atoms with Gasteiger partial charge in [0.25, 0.3) is 5.91 Å². The Kier molecular flexibility index (Phi) is 4.39. The molecule has 0 atom stereocenters. The Balaban J connectivity index is 1.89. The molecule has 0 aromatic heterocycles. The first-order valence-electron chi connectivity index (χ1n) is 7.65. The minimum Gasteiger partial charge on any atom is -0.368 e. The van der Waals surface area contributed by atoms with Crippen LogP contribution in [0.15, 0.2) is 54.6 Å². The summed E-state index contributed by atoms with van der Waals surface area (Å²) in [6.45, 7) is 3.77. The van der Waals surface area contributed by atoms with Crippen LogP contribution in [0, 0.1) is 0 Å². The molecule has 1 heterocycles. The van der Waals surface area contributed by atoms with E-state index in [0.29, 0.717) is 0 Å². The predicted octanol–water partition coefficient (Wildman–Crippen LogP) is 2.37. The second-order valence-corrected chi connectivity index (χ2v) is 5.45. The number of hydrogen-bond acceptors (Lipinski definition) is 3. The molecular weight excluding hydrogens is 274 g/mol. The van der Waals surface area contributed by atoms with Crippen molar-refractivity contribution in [3.63, 3.8) is 0 Å². The Morgan fingerprint density at radius 2 is 1.64 bits per heavy atom. The fourth-order valence-electron chi connectivity index (χ4n) is 2.79. The number of benzene rings is 2. The molecule has 1 saturated heterocycles.